The van der Waals surface area contributed by atoms with Crippen LogP contribution in [0.5, 0.6) is 0 Å². The lowest BCUT2D eigenvalue weighted by Crippen LogP contribution is -2.06. The second-order valence-electron chi connectivity index (χ2n) is 3.13. The van der Waals surface area contributed by atoms with Crippen LogP contribution in [0.4, 0.5) is 0 Å². The van der Waals surface area contributed by atoms with Crippen molar-refractivity contribution < 1.29 is 9.53 Å². The van der Waals surface area contributed by atoms with Crippen LogP contribution in [-0.4, -0.2) is 28.0 Å². The molecule has 0 aliphatic heterocycles. The summed E-state index contributed by atoms with van der Waals surface area (Å²) in [5, 5.41) is 0.187. The van der Waals surface area contributed by atoms with Gasteiger partial charge in [-0.3, -0.25) is 4.98 Å². The maximum atomic E-state index is 11.4. The van der Waals surface area contributed by atoms with E-state index in [4.69, 9.17) is 11.6 Å². The van der Waals surface area contributed by atoms with Crippen molar-refractivity contribution in [2.45, 2.75) is 0 Å². The fraction of sp³-hybridized carbons (Fsp3) is 0.0909. The molecule has 0 aliphatic rings. The Morgan fingerprint density at radius 1 is 1.29 bits per heavy atom. The highest BCUT2D eigenvalue weighted by molar-refractivity contribution is 6.29. The van der Waals surface area contributed by atoms with Crippen LogP contribution in [0.25, 0.3) is 11.4 Å². The topological polar surface area (TPSA) is 65.0 Å². The standard InChI is InChI=1S/C11H8ClN3O2/c1-17-11(16)8-6-9(12)15-10(14-8)7-2-4-13-5-3-7/h2-6H,1H3. The van der Waals surface area contributed by atoms with Crippen molar-refractivity contribution in [3.63, 3.8) is 0 Å². The van der Waals surface area contributed by atoms with Crippen LogP contribution in [0.2, 0.25) is 5.15 Å². The van der Waals surface area contributed by atoms with Crippen molar-refractivity contribution in [3.05, 3.63) is 41.4 Å². The summed E-state index contributed by atoms with van der Waals surface area (Å²) in [4.78, 5) is 23.4. The Hall–Kier alpha value is -2.01. The van der Waals surface area contributed by atoms with Crippen LogP contribution >= 0.6 is 11.6 Å². The average Bonchev–Trinajstić information content (AvgIpc) is 2.38. The second kappa shape index (κ2) is 4.88. The van der Waals surface area contributed by atoms with E-state index in [1.54, 1.807) is 24.5 Å². The average molecular weight is 250 g/mol. The first-order valence-electron chi connectivity index (χ1n) is 4.74. The van der Waals surface area contributed by atoms with Gasteiger partial charge in [0.05, 0.1) is 7.11 Å². The number of methoxy groups -OCH3 is 1. The zero-order chi connectivity index (χ0) is 12.3. The Kier molecular flexibility index (Phi) is 3.30. The van der Waals surface area contributed by atoms with Crippen LogP contribution in [-0.2, 0) is 4.74 Å². The molecule has 0 radical (unpaired) electrons. The molecule has 0 atom stereocenters. The predicted octanol–water partition coefficient (Wildman–Crippen LogP) is 1.98. The van der Waals surface area contributed by atoms with Gasteiger partial charge in [-0.1, -0.05) is 11.6 Å². The maximum Gasteiger partial charge on any atom is 0.356 e. The Balaban J connectivity index is 2.49. The van der Waals surface area contributed by atoms with E-state index in [9.17, 15) is 4.79 Å². The SMILES string of the molecule is COC(=O)c1cc(Cl)nc(-c2ccncc2)n1. The summed E-state index contributed by atoms with van der Waals surface area (Å²) in [6, 6.07) is 4.82. The van der Waals surface area contributed by atoms with E-state index in [0.717, 1.165) is 5.56 Å². The third-order valence-electron chi connectivity index (χ3n) is 2.03. The van der Waals surface area contributed by atoms with Gasteiger partial charge >= 0.3 is 5.97 Å². The molecule has 0 aromatic carbocycles. The van der Waals surface area contributed by atoms with Crippen LogP contribution < -0.4 is 0 Å². The van der Waals surface area contributed by atoms with Crippen LogP contribution in [0.15, 0.2) is 30.6 Å². The molecule has 0 unspecified atom stereocenters. The fourth-order valence-electron chi connectivity index (χ4n) is 1.26. The van der Waals surface area contributed by atoms with Gasteiger partial charge in [0.2, 0.25) is 0 Å². The molecule has 2 rings (SSSR count). The van der Waals surface area contributed by atoms with Gasteiger partial charge in [-0.2, -0.15) is 0 Å². The van der Waals surface area contributed by atoms with E-state index in [2.05, 4.69) is 19.7 Å². The summed E-state index contributed by atoms with van der Waals surface area (Å²) in [6.07, 6.45) is 3.22. The number of hydrogen-bond acceptors (Lipinski definition) is 5. The van der Waals surface area contributed by atoms with Crippen molar-refractivity contribution in [1.29, 1.82) is 0 Å². The number of rotatable bonds is 2. The van der Waals surface area contributed by atoms with Gasteiger partial charge in [0.25, 0.3) is 0 Å². The van der Waals surface area contributed by atoms with E-state index >= 15 is 0 Å². The highest BCUT2D eigenvalue weighted by Crippen LogP contribution is 2.17. The molecule has 17 heavy (non-hydrogen) atoms. The molecule has 0 saturated carbocycles. The van der Waals surface area contributed by atoms with Gasteiger partial charge in [-0.25, -0.2) is 14.8 Å². The lowest BCUT2D eigenvalue weighted by Gasteiger charge is -2.03. The molecule has 0 N–H and O–H groups in total. The number of esters is 1. The van der Waals surface area contributed by atoms with E-state index < -0.39 is 5.97 Å². The summed E-state index contributed by atoms with van der Waals surface area (Å²) < 4.78 is 4.58. The Bertz CT molecular complexity index is 546. The first-order valence-corrected chi connectivity index (χ1v) is 5.12. The van der Waals surface area contributed by atoms with Crippen molar-refractivity contribution in [3.8, 4) is 11.4 Å². The van der Waals surface area contributed by atoms with Gasteiger partial charge in [-0.05, 0) is 12.1 Å². The Morgan fingerprint density at radius 2 is 2.00 bits per heavy atom. The summed E-state index contributed by atoms with van der Waals surface area (Å²) in [5.41, 5.74) is 0.854. The largest absolute Gasteiger partial charge is 0.464 e. The van der Waals surface area contributed by atoms with Crippen molar-refractivity contribution in [2.24, 2.45) is 0 Å². The maximum absolute atomic E-state index is 11.4. The van der Waals surface area contributed by atoms with Crippen LogP contribution in [0, 0.1) is 0 Å². The molecular weight excluding hydrogens is 242 g/mol. The molecule has 0 amide bonds. The lowest BCUT2D eigenvalue weighted by molar-refractivity contribution is 0.0594. The third-order valence-corrected chi connectivity index (χ3v) is 2.22. The number of carbonyl (C=O) groups excluding carboxylic acids is 1. The molecule has 2 heterocycles. The second-order valence-corrected chi connectivity index (χ2v) is 3.51. The number of halogens is 1. The highest BCUT2D eigenvalue weighted by Gasteiger charge is 2.12. The molecular formula is C11H8ClN3O2. The Labute approximate surface area is 102 Å². The first kappa shape index (κ1) is 11.5. The minimum absolute atomic E-state index is 0.124. The highest BCUT2D eigenvalue weighted by atomic mass is 35.5. The smallest absolute Gasteiger partial charge is 0.356 e. The van der Waals surface area contributed by atoms with Crippen molar-refractivity contribution in [2.75, 3.05) is 7.11 Å². The molecule has 0 spiro atoms. The summed E-state index contributed by atoms with van der Waals surface area (Å²) in [7, 11) is 1.28. The van der Waals surface area contributed by atoms with E-state index in [0.29, 0.717) is 5.82 Å². The summed E-state index contributed by atoms with van der Waals surface area (Å²) in [6.45, 7) is 0. The molecule has 0 aliphatic carbocycles. The lowest BCUT2D eigenvalue weighted by atomic mass is 10.2. The van der Waals surface area contributed by atoms with E-state index in [-0.39, 0.29) is 10.8 Å². The fourth-order valence-corrected chi connectivity index (χ4v) is 1.44. The molecule has 0 saturated heterocycles. The minimum atomic E-state index is -0.551. The molecule has 0 fully saturated rings. The molecule has 5 nitrogen and oxygen atoms in total. The number of aromatic nitrogens is 3. The Morgan fingerprint density at radius 3 is 2.65 bits per heavy atom. The number of ether oxygens (including phenoxy) is 1. The van der Waals surface area contributed by atoms with E-state index in [1.165, 1.54) is 13.2 Å². The number of nitrogens with zero attached hydrogens (tertiary/aromatic N) is 3. The number of pyridine rings is 1. The van der Waals surface area contributed by atoms with Gasteiger partial charge < -0.3 is 4.74 Å². The molecule has 0 bridgehead atoms. The predicted molar refractivity (Wildman–Crippen MR) is 61.6 cm³/mol. The molecule has 2 aromatic rings. The number of carbonyl (C=O) groups is 1. The first-order chi connectivity index (χ1) is 8.20. The van der Waals surface area contributed by atoms with Crippen molar-refractivity contribution >= 4 is 17.6 Å². The monoisotopic (exact) mass is 249 g/mol. The molecule has 2 aromatic heterocycles. The third kappa shape index (κ3) is 2.57. The van der Waals surface area contributed by atoms with Gasteiger partial charge in [0.15, 0.2) is 11.5 Å². The molecule has 86 valence electrons. The van der Waals surface area contributed by atoms with E-state index in [1.807, 2.05) is 0 Å². The van der Waals surface area contributed by atoms with Gasteiger partial charge in [0.1, 0.15) is 5.15 Å². The number of hydrogen-bond donors (Lipinski definition) is 0. The van der Waals surface area contributed by atoms with Gasteiger partial charge in [0, 0.05) is 24.0 Å². The van der Waals surface area contributed by atoms with Crippen LogP contribution in [0.3, 0.4) is 0 Å². The summed E-state index contributed by atoms with van der Waals surface area (Å²) in [5.74, 6) is -0.190. The summed E-state index contributed by atoms with van der Waals surface area (Å²) >= 11 is 5.83. The minimum Gasteiger partial charge on any atom is -0.464 e. The zero-order valence-electron chi connectivity index (χ0n) is 8.92. The normalized spacial score (nSPS) is 10.0. The van der Waals surface area contributed by atoms with Crippen molar-refractivity contribution in [1.82, 2.24) is 15.0 Å². The zero-order valence-corrected chi connectivity index (χ0v) is 9.68. The molecule has 6 heteroatoms. The quantitative estimate of drug-likeness (QED) is 0.601. The van der Waals surface area contributed by atoms with Crippen LogP contribution in [0.1, 0.15) is 10.5 Å². The van der Waals surface area contributed by atoms with Gasteiger partial charge in [-0.15, -0.1) is 0 Å².